The van der Waals surface area contributed by atoms with E-state index in [4.69, 9.17) is 10.5 Å². The second kappa shape index (κ2) is 8.54. The van der Waals surface area contributed by atoms with Crippen molar-refractivity contribution in [2.24, 2.45) is 11.7 Å². The normalized spacial score (nSPS) is 22.2. The lowest BCUT2D eigenvalue weighted by molar-refractivity contribution is -0.139. The molecule has 0 bridgehead atoms. The third kappa shape index (κ3) is 4.97. The Morgan fingerprint density at radius 2 is 1.96 bits per heavy atom. The van der Waals surface area contributed by atoms with Gasteiger partial charge in [-0.1, -0.05) is 12.1 Å². The Bertz CT molecular complexity index is 641. The van der Waals surface area contributed by atoms with Crippen LogP contribution in [-0.4, -0.2) is 60.4 Å². The average molecular weight is 359 g/mol. The molecule has 142 valence electrons. The molecule has 2 heterocycles. The number of likely N-dealkylation sites (tertiary alicyclic amines) is 2. The molecule has 3 rings (SSSR count). The molecule has 6 nitrogen and oxygen atoms in total. The summed E-state index contributed by atoms with van der Waals surface area (Å²) in [6.07, 6.45) is 3.72. The number of amides is 2. The van der Waals surface area contributed by atoms with Crippen LogP contribution in [0.3, 0.4) is 0 Å². The maximum Gasteiger partial charge on any atom is 0.231 e. The Kier molecular flexibility index (Phi) is 6.14. The first-order chi connectivity index (χ1) is 12.5. The van der Waals surface area contributed by atoms with Crippen LogP contribution in [0.25, 0.3) is 0 Å². The largest absolute Gasteiger partial charge is 0.490 e. The highest BCUT2D eigenvalue weighted by Crippen LogP contribution is 2.23. The number of carbonyl (C=O) groups excluding carboxylic acids is 2. The SMILES string of the molecule is Cc1cccc(OC2CCN(C(=O)[C@H]3CCCN(CC(N)=O)C3)CC2)c1. The molecule has 0 saturated carbocycles. The van der Waals surface area contributed by atoms with Crippen molar-refractivity contribution < 1.29 is 14.3 Å². The number of ether oxygens (including phenoxy) is 1. The van der Waals surface area contributed by atoms with Gasteiger partial charge in [0.15, 0.2) is 0 Å². The quantitative estimate of drug-likeness (QED) is 0.866. The fraction of sp³-hybridized carbons (Fsp3) is 0.600. The van der Waals surface area contributed by atoms with Gasteiger partial charge in [0.25, 0.3) is 0 Å². The van der Waals surface area contributed by atoms with E-state index in [1.54, 1.807) is 0 Å². The highest BCUT2D eigenvalue weighted by Gasteiger charge is 2.32. The molecule has 2 N–H and O–H groups in total. The number of hydrogen-bond donors (Lipinski definition) is 1. The molecule has 2 saturated heterocycles. The first-order valence-corrected chi connectivity index (χ1v) is 9.54. The molecular formula is C20H29N3O3. The molecule has 6 heteroatoms. The number of aryl methyl sites for hydroxylation is 1. The average Bonchev–Trinajstić information content (AvgIpc) is 2.61. The van der Waals surface area contributed by atoms with E-state index >= 15 is 0 Å². The summed E-state index contributed by atoms with van der Waals surface area (Å²) >= 11 is 0. The maximum absolute atomic E-state index is 12.8. The van der Waals surface area contributed by atoms with E-state index in [0.717, 1.165) is 51.1 Å². The monoisotopic (exact) mass is 359 g/mol. The molecule has 0 unspecified atom stereocenters. The third-order valence-electron chi connectivity index (χ3n) is 5.28. The summed E-state index contributed by atoms with van der Waals surface area (Å²) in [7, 11) is 0. The smallest absolute Gasteiger partial charge is 0.231 e. The first kappa shape index (κ1) is 18.7. The number of benzene rings is 1. The van der Waals surface area contributed by atoms with Crippen molar-refractivity contribution in [3.8, 4) is 5.75 Å². The summed E-state index contributed by atoms with van der Waals surface area (Å²) in [5, 5.41) is 0. The van der Waals surface area contributed by atoms with Gasteiger partial charge in [-0.2, -0.15) is 0 Å². The summed E-state index contributed by atoms with van der Waals surface area (Å²) in [4.78, 5) is 27.9. The third-order valence-corrected chi connectivity index (χ3v) is 5.28. The molecule has 1 aromatic carbocycles. The fourth-order valence-electron chi connectivity index (χ4n) is 3.95. The van der Waals surface area contributed by atoms with Gasteiger partial charge in [0.05, 0.1) is 12.5 Å². The van der Waals surface area contributed by atoms with Crippen molar-refractivity contribution in [2.75, 3.05) is 32.7 Å². The van der Waals surface area contributed by atoms with E-state index in [1.807, 2.05) is 28.0 Å². The van der Waals surface area contributed by atoms with Crippen LogP contribution in [0.2, 0.25) is 0 Å². The van der Waals surface area contributed by atoms with Crippen molar-refractivity contribution >= 4 is 11.8 Å². The highest BCUT2D eigenvalue weighted by atomic mass is 16.5. The molecule has 0 aromatic heterocycles. The molecule has 0 spiro atoms. The van der Waals surface area contributed by atoms with Crippen LogP contribution in [0.5, 0.6) is 5.75 Å². The van der Waals surface area contributed by atoms with E-state index < -0.39 is 0 Å². The van der Waals surface area contributed by atoms with Crippen LogP contribution in [0.15, 0.2) is 24.3 Å². The zero-order chi connectivity index (χ0) is 18.5. The minimum atomic E-state index is -0.327. The van der Waals surface area contributed by atoms with Crippen LogP contribution in [0.1, 0.15) is 31.2 Å². The van der Waals surface area contributed by atoms with Crippen LogP contribution in [0.4, 0.5) is 0 Å². The molecule has 2 aliphatic heterocycles. The van der Waals surface area contributed by atoms with E-state index in [0.29, 0.717) is 6.54 Å². The van der Waals surface area contributed by atoms with Crippen LogP contribution in [0, 0.1) is 12.8 Å². The molecule has 0 radical (unpaired) electrons. The molecule has 2 fully saturated rings. The van der Waals surface area contributed by atoms with Crippen LogP contribution >= 0.6 is 0 Å². The van der Waals surface area contributed by atoms with Crippen LogP contribution < -0.4 is 10.5 Å². The van der Waals surface area contributed by atoms with Crippen LogP contribution in [-0.2, 0) is 9.59 Å². The van der Waals surface area contributed by atoms with Gasteiger partial charge in [-0.25, -0.2) is 0 Å². The number of rotatable bonds is 5. The number of nitrogens with two attached hydrogens (primary N) is 1. The Morgan fingerprint density at radius 1 is 1.19 bits per heavy atom. The highest BCUT2D eigenvalue weighted by molar-refractivity contribution is 5.80. The Balaban J connectivity index is 1.48. The Hall–Kier alpha value is -2.08. The minimum Gasteiger partial charge on any atom is -0.490 e. The van der Waals surface area contributed by atoms with E-state index in [2.05, 4.69) is 13.0 Å². The van der Waals surface area contributed by atoms with Crippen molar-refractivity contribution in [3.63, 3.8) is 0 Å². The Labute approximate surface area is 155 Å². The lowest BCUT2D eigenvalue weighted by Crippen LogP contribution is -2.49. The van der Waals surface area contributed by atoms with Gasteiger partial charge in [-0.3, -0.25) is 14.5 Å². The molecule has 1 atom stereocenters. The summed E-state index contributed by atoms with van der Waals surface area (Å²) in [5.74, 6) is 0.780. The van der Waals surface area contributed by atoms with Gasteiger partial charge in [0.2, 0.25) is 11.8 Å². The standard InChI is InChI=1S/C20H29N3O3/c1-15-4-2-6-18(12-15)26-17-7-10-23(11-8-17)20(25)16-5-3-9-22(13-16)14-19(21)24/h2,4,6,12,16-17H,3,5,7-11,13-14H2,1H3,(H2,21,24)/t16-/m0/s1. The van der Waals surface area contributed by atoms with E-state index in [-0.39, 0.29) is 30.4 Å². The maximum atomic E-state index is 12.8. The second-order valence-corrected chi connectivity index (χ2v) is 7.50. The van der Waals surface area contributed by atoms with Gasteiger partial charge >= 0.3 is 0 Å². The fourth-order valence-corrected chi connectivity index (χ4v) is 3.95. The zero-order valence-electron chi connectivity index (χ0n) is 15.5. The number of nitrogens with zero attached hydrogens (tertiary/aromatic N) is 2. The number of piperidine rings is 2. The summed E-state index contributed by atoms with van der Waals surface area (Å²) < 4.78 is 6.07. The van der Waals surface area contributed by atoms with Gasteiger partial charge in [-0.05, 0) is 44.0 Å². The molecule has 2 amide bonds. The molecule has 0 aliphatic carbocycles. The second-order valence-electron chi connectivity index (χ2n) is 7.50. The minimum absolute atomic E-state index is 0.0164. The van der Waals surface area contributed by atoms with Gasteiger partial charge < -0.3 is 15.4 Å². The topological polar surface area (TPSA) is 75.9 Å². The summed E-state index contributed by atoms with van der Waals surface area (Å²) in [6, 6.07) is 8.09. The molecule has 1 aromatic rings. The zero-order valence-corrected chi connectivity index (χ0v) is 15.5. The van der Waals surface area contributed by atoms with Crippen molar-refractivity contribution in [2.45, 2.75) is 38.7 Å². The van der Waals surface area contributed by atoms with E-state index in [9.17, 15) is 9.59 Å². The van der Waals surface area contributed by atoms with Crippen molar-refractivity contribution in [3.05, 3.63) is 29.8 Å². The number of hydrogen-bond acceptors (Lipinski definition) is 4. The van der Waals surface area contributed by atoms with E-state index in [1.165, 1.54) is 5.56 Å². The number of carbonyl (C=O) groups is 2. The molecule has 2 aliphatic rings. The summed E-state index contributed by atoms with van der Waals surface area (Å²) in [5.41, 5.74) is 6.47. The predicted molar refractivity (Wildman–Crippen MR) is 99.8 cm³/mol. The van der Waals surface area contributed by atoms with Crippen molar-refractivity contribution in [1.29, 1.82) is 0 Å². The Morgan fingerprint density at radius 3 is 2.65 bits per heavy atom. The number of primary amides is 1. The lowest BCUT2D eigenvalue weighted by atomic mass is 9.95. The predicted octanol–water partition coefficient (Wildman–Crippen LogP) is 1.56. The van der Waals surface area contributed by atoms with Crippen molar-refractivity contribution in [1.82, 2.24) is 9.80 Å². The van der Waals surface area contributed by atoms with Gasteiger partial charge in [-0.15, -0.1) is 0 Å². The van der Waals surface area contributed by atoms with Gasteiger partial charge in [0, 0.05) is 32.5 Å². The molecule has 26 heavy (non-hydrogen) atoms. The lowest BCUT2D eigenvalue weighted by Gasteiger charge is -2.37. The molecular weight excluding hydrogens is 330 g/mol. The first-order valence-electron chi connectivity index (χ1n) is 9.54. The summed E-state index contributed by atoms with van der Waals surface area (Å²) in [6.45, 7) is 5.26. The van der Waals surface area contributed by atoms with Gasteiger partial charge in [0.1, 0.15) is 11.9 Å².